The van der Waals surface area contributed by atoms with E-state index >= 15 is 0 Å². The highest BCUT2D eigenvalue weighted by Crippen LogP contribution is 2.28. The number of nitrogens with two attached hydrogens (primary N) is 1. The summed E-state index contributed by atoms with van der Waals surface area (Å²) >= 11 is 0. The predicted octanol–water partition coefficient (Wildman–Crippen LogP) is 4.41. The molecule has 0 unspecified atom stereocenters. The Bertz CT molecular complexity index is 1360. The van der Waals surface area contributed by atoms with Gasteiger partial charge in [-0.15, -0.1) is 0 Å². The number of carbonyl (C=O) groups is 3. The van der Waals surface area contributed by atoms with Crippen molar-refractivity contribution >= 4 is 34.9 Å². The van der Waals surface area contributed by atoms with Crippen LogP contribution in [0.2, 0.25) is 0 Å². The molecule has 0 aliphatic carbocycles. The number of aryl methyl sites for hydroxylation is 2. The van der Waals surface area contributed by atoms with Gasteiger partial charge in [-0.2, -0.15) is 13.2 Å². The summed E-state index contributed by atoms with van der Waals surface area (Å²) in [6.07, 6.45) is -4.02. The molecule has 13 heteroatoms. The molecule has 204 valence electrons. The number of imidazole rings is 1. The summed E-state index contributed by atoms with van der Waals surface area (Å²) < 4.78 is 45.8. The molecule has 0 saturated carbocycles. The number of hydrogen-bond donors (Lipinski definition) is 3. The maximum Gasteiger partial charge on any atom is 0.433 e. The lowest BCUT2D eigenvalue weighted by Gasteiger charge is -2.19. The van der Waals surface area contributed by atoms with Crippen LogP contribution in [0, 0.1) is 6.92 Å². The van der Waals surface area contributed by atoms with Crippen molar-refractivity contribution < 1.29 is 32.3 Å². The Balaban J connectivity index is 1.79. The number of nitrogens with one attached hydrogen (secondary N) is 2. The number of hydrogen-bond acceptors (Lipinski definition) is 6. The first kappa shape index (κ1) is 28.4. The van der Waals surface area contributed by atoms with Crippen molar-refractivity contribution in [3.8, 4) is 0 Å². The largest absolute Gasteiger partial charge is 0.444 e. The van der Waals surface area contributed by atoms with Gasteiger partial charge in [0, 0.05) is 18.7 Å². The number of pyridine rings is 1. The van der Waals surface area contributed by atoms with Crippen molar-refractivity contribution in [1.29, 1.82) is 0 Å². The molecule has 0 bridgehead atoms. The van der Waals surface area contributed by atoms with Crippen molar-refractivity contribution in [1.82, 2.24) is 19.9 Å². The molecule has 0 fully saturated rings. The molecule has 10 nitrogen and oxygen atoms in total. The monoisotopic (exact) mass is 534 g/mol. The maximum atomic E-state index is 13.0. The zero-order valence-corrected chi connectivity index (χ0v) is 21.4. The van der Waals surface area contributed by atoms with E-state index in [9.17, 15) is 27.6 Å². The second-order valence-electron chi connectivity index (χ2n) is 9.57. The Morgan fingerprint density at radius 1 is 1.05 bits per heavy atom. The van der Waals surface area contributed by atoms with Gasteiger partial charge < -0.3 is 20.4 Å². The van der Waals surface area contributed by atoms with Gasteiger partial charge in [0.25, 0.3) is 5.91 Å². The van der Waals surface area contributed by atoms with Crippen LogP contribution in [-0.2, 0) is 17.5 Å². The van der Waals surface area contributed by atoms with Gasteiger partial charge in [-0.05, 0) is 70.9 Å². The molecule has 0 aliphatic heterocycles. The highest BCUT2D eigenvalue weighted by atomic mass is 19.4. The van der Waals surface area contributed by atoms with E-state index in [4.69, 9.17) is 10.5 Å². The van der Waals surface area contributed by atoms with E-state index in [0.717, 1.165) is 12.1 Å². The summed E-state index contributed by atoms with van der Waals surface area (Å²) in [7, 11) is 0. The second-order valence-corrected chi connectivity index (χ2v) is 9.57. The quantitative estimate of drug-likeness (QED) is 0.366. The third kappa shape index (κ3) is 7.20. The Morgan fingerprint density at radius 2 is 1.76 bits per heavy atom. The van der Waals surface area contributed by atoms with Gasteiger partial charge in [0.05, 0.1) is 22.3 Å². The SMILES string of the molecule is Cc1nc(C(F)(F)F)ccc1C(=O)Nc1nc2cc(C(N)=O)ccc2n1CCCCNC(=O)OC(C)(C)C. The van der Waals surface area contributed by atoms with Crippen LogP contribution in [0.15, 0.2) is 30.3 Å². The lowest BCUT2D eigenvalue weighted by atomic mass is 10.1. The molecular formula is C25H29F3N6O4. The molecule has 3 aromatic rings. The summed E-state index contributed by atoms with van der Waals surface area (Å²) in [5.74, 6) is -1.21. The average molecular weight is 535 g/mol. The topological polar surface area (TPSA) is 141 Å². The number of benzene rings is 1. The number of unbranched alkanes of at least 4 members (excludes halogenated alkanes) is 1. The number of halogens is 3. The molecule has 3 amide bonds. The molecular weight excluding hydrogens is 505 g/mol. The zero-order chi connectivity index (χ0) is 28.3. The minimum atomic E-state index is -4.63. The molecule has 0 spiro atoms. The van der Waals surface area contributed by atoms with E-state index in [-0.39, 0.29) is 22.8 Å². The molecule has 0 aliphatic rings. The Kier molecular flexibility index (Phi) is 8.28. The number of amides is 3. The van der Waals surface area contributed by atoms with E-state index in [2.05, 4.69) is 20.6 Å². The predicted molar refractivity (Wildman–Crippen MR) is 134 cm³/mol. The number of ether oxygens (including phenoxy) is 1. The number of anilines is 1. The fourth-order valence-electron chi connectivity index (χ4n) is 3.63. The molecule has 0 radical (unpaired) electrons. The lowest BCUT2D eigenvalue weighted by molar-refractivity contribution is -0.141. The van der Waals surface area contributed by atoms with Crippen LogP contribution in [-0.4, -0.2) is 44.6 Å². The third-order valence-electron chi connectivity index (χ3n) is 5.36. The molecule has 2 aromatic heterocycles. The normalized spacial score (nSPS) is 11.9. The van der Waals surface area contributed by atoms with Gasteiger partial charge in [-0.3, -0.25) is 14.9 Å². The Morgan fingerprint density at radius 3 is 2.37 bits per heavy atom. The number of rotatable bonds is 8. The van der Waals surface area contributed by atoms with Crippen LogP contribution < -0.4 is 16.4 Å². The van der Waals surface area contributed by atoms with Crippen LogP contribution in [0.3, 0.4) is 0 Å². The van der Waals surface area contributed by atoms with Crippen molar-refractivity contribution in [3.63, 3.8) is 0 Å². The van der Waals surface area contributed by atoms with Crippen LogP contribution in [0.25, 0.3) is 11.0 Å². The highest BCUT2D eigenvalue weighted by Gasteiger charge is 2.33. The standard InChI is InChI=1S/C25H29F3N6O4/c1-14-16(8-10-19(31-14)25(26,27)28)21(36)33-22-32-17-13-15(20(29)35)7-9-18(17)34(22)12-6-5-11-30-23(37)38-24(2,3)4/h7-10,13H,5-6,11-12H2,1-4H3,(H2,29,35)(H,30,37)(H,32,33,36). The van der Waals surface area contributed by atoms with Crippen LogP contribution in [0.4, 0.5) is 23.9 Å². The number of fused-ring (bicyclic) bond motifs is 1. The minimum absolute atomic E-state index is 0.0454. The van der Waals surface area contributed by atoms with Gasteiger partial charge in [0.2, 0.25) is 11.9 Å². The molecule has 38 heavy (non-hydrogen) atoms. The molecule has 1 aromatic carbocycles. The number of nitrogens with zero attached hydrogens (tertiary/aromatic N) is 3. The van der Waals surface area contributed by atoms with Crippen molar-refractivity contribution in [3.05, 3.63) is 52.8 Å². The summed E-state index contributed by atoms with van der Waals surface area (Å²) in [6.45, 7) is 7.33. The Hall–Kier alpha value is -4.16. The molecule has 0 atom stereocenters. The van der Waals surface area contributed by atoms with E-state index in [1.165, 1.54) is 19.1 Å². The minimum Gasteiger partial charge on any atom is -0.444 e. The second kappa shape index (κ2) is 11.1. The summed E-state index contributed by atoms with van der Waals surface area (Å²) in [4.78, 5) is 44.3. The van der Waals surface area contributed by atoms with Crippen molar-refractivity contribution in [2.24, 2.45) is 5.73 Å². The van der Waals surface area contributed by atoms with E-state index in [1.807, 2.05) is 0 Å². The Labute approximate surface area is 216 Å². The van der Waals surface area contributed by atoms with Gasteiger partial charge in [-0.25, -0.2) is 14.8 Å². The van der Waals surface area contributed by atoms with Crippen LogP contribution in [0.1, 0.15) is 65.7 Å². The van der Waals surface area contributed by atoms with Gasteiger partial charge in [-0.1, -0.05) is 0 Å². The molecule has 0 saturated heterocycles. The van der Waals surface area contributed by atoms with E-state index < -0.39 is 35.4 Å². The third-order valence-corrected chi connectivity index (χ3v) is 5.36. The molecule has 4 N–H and O–H groups in total. The summed E-state index contributed by atoms with van der Waals surface area (Å²) in [5.41, 5.74) is 4.74. The van der Waals surface area contributed by atoms with Gasteiger partial charge >= 0.3 is 12.3 Å². The first-order valence-corrected chi connectivity index (χ1v) is 11.8. The number of primary amides is 1. The number of aromatic nitrogens is 3. The van der Waals surface area contributed by atoms with Crippen molar-refractivity contribution in [2.45, 2.75) is 58.9 Å². The lowest BCUT2D eigenvalue weighted by Crippen LogP contribution is -2.33. The van der Waals surface area contributed by atoms with Crippen LogP contribution in [0.5, 0.6) is 0 Å². The highest BCUT2D eigenvalue weighted by molar-refractivity contribution is 6.05. The average Bonchev–Trinajstić information content (AvgIpc) is 3.12. The summed E-state index contributed by atoms with van der Waals surface area (Å²) in [6, 6.07) is 6.45. The fraction of sp³-hybridized carbons (Fsp3) is 0.400. The smallest absolute Gasteiger partial charge is 0.433 e. The number of carbonyl (C=O) groups excluding carboxylic acids is 3. The van der Waals surface area contributed by atoms with E-state index in [0.29, 0.717) is 37.0 Å². The van der Waals surface area contributed by atoms with Gasteiger partial charge in [0.15, 0.2) is 0 Å². The molecule has 3 rings (SSSR count). The first-order chi connectivity index (χ1) is 17.7. The molecule has 2 heterocycles. The van der Waals surface area contributed by atoms with Crippen molar-refractivity contribution in [2.75, 3.05) is 11.9 Å². The van der Waals surface area contributed by atoms with Gasteiger partial charge in [0.1, 0.15) is 11.3 Å². The maximum absolute atomic E-state index is 13.0. The zero-order valence-electron chi connectivity index (χ0n) is 21.4. The van der Waals surface area contributed by atoms with E-state index in [1.54, 1.807) is 31.4 Å². The first-order valence-electron chi connectivity index (χ1n) is 11.8. The fourth-order valence-corrected chi connectivity index (χ4v) is 3.63. The number of alkyl carbamates (subject to hydrolysis) is 1. The number of alkyl halides is 3. The summed E-state index contributed by atoms with van der Waals surface area (Å²) in [5, 5.41) is 5.31. The van der Waals surface area contributed by atoms with Crippen LogP contribution >= 0.6 is 0 Å².